The summed E-state index contributed by atoms with van der Waals surface area (Å²) in [7, 11) is 3.41. The molecular weight excluding hydrogens is 272 g/mol. The molecule has 0 bridgehead atoms. The van der Waals surface area contributed by atoms with Crippen LogP contribution in [0.25, 0.3) is 0 Å². The predicted octanol–water partition coefficient (Wildman–Crippen LogP) is 1.46. The summed E-state index contributed by atoms with van der Waals surface area (Å²) in [5, 5.41) is 6.52. The fourth-order valence-electron chi connectivity index (χ4n) is 1.81. The number of carbonyl (C=O) groups is 1. The van der Waals surface area contributed by atoms with Gasteiger partial charge in [-0.05, 0) is 38.2 Å². The average Bonchev–Trinajstić information content (AvgIpc) is 2.84. The Morgan fingerprint density at radius 2 is 2.10 bits per heavy atom. The Morgan fingerprint density at radius 3 is 2.67 bits per heavy atom. The van der Waals surface area contributed by atoms with Crippen molar-refractivity contribution in [2.45, 2.75) is 13.5 Å². The van der Waals surface area contributed by atoms with Gasteiger partial charge in [0.05, 0.1) is 20.2 Å². The van der Waals surface area contributed by atoms with E-state index in [0.717, 1.165) is 11.4 Å². The summed E-state index contributed by atoms with van der Waals surface area (Å²) in [6.07, 6.45) is 0. The molecule has 2 aromatic rings. The van der Waals surface area contributed by atoms with E-state index in [2.05, 4.69) is 15.5 Å². The van der Waals surface area contributed by atoms with Crippen molar-refractivity contribution in [3.8, 4) is 5.75 Å². The lowest BCUT2D eigenvalue weighted by atomic mass is 10.3. The van der Waals surface area contributed by atoms with Gasteiger partial charge in [0, 0.05) is 5.69 Å². The molecule has 7 heteroatoms. The Hall–Kier alpha value is -2.41. The minimum atomic E-state index is -0.112. The van der Waals surface area contributed by atoms with E-state index >= 15 is 0 Å². The number of benzene rings is 1. The topological polar surface area (TPSA) is 80.5 Å². The zero-order valence-corrected chi connectivity index (χ0v) is 12.3. The maximum atomic E-state index is 11.9. The number of likely N-dealkylation sites (N-methyl/N-ethyl adjacent to an activating group) is 1. The standard InChI is InChI=1S/C14H18N4O3/c1-10-15-14(21-17-10)9-18(2)8-13(19)16-11-4-6-12(20-3)7-5-11/h4-7H,8-9H2,1-3H3,(H,16,19). The number of nitrogens with one attached hydrogen (secondary N) is 1. The molecule has 0 fully saturated rings. The highest BCUT2D eigenvalue weighted by atomic mass is 16.5. The smallest absolute Gasteiger partial charge is 0.240 e. The van der Waals surface area contributed by atoms with Crippen LogP contribution in [0.1, 0.15) is 11.7 Å². The molecule has 1 N–H and O–H groups in total. The van der Waals surface area contributed by atoms with E-state index in [1.165, 1.54) is 0 Å². The van der Waals surface area contributed by atoms with Gasteiger partial charge in [0.25, 0.3) is 0 Å². The summed E-state index contributed by atoms with van der Waals surface area (Å²) >= 11 is 0. The summed E-state index contributed by atoms with van der Waals surface area (Å²) in [5.41, 5.74) is 0.725. The van der Waals surface area contributed by atoms with Gasteiger partial charge in [0.2, 0.25) is 11.8 Å². The number of ether oxygens (including phenoxy) is 1. The van der Waals surface area contributed by atoms with E-state index in [1.54, 1.807) is 43.2 Å². The van der Waals surface area contributed by atoms with Crippen molar-refractivity contribution in [2.24, 2.45) is 0 Å². The van der Waals surface area contributed by atoms with Crippen molar-refractivity contribution in [3.63, 3.8) is 0 Å². The molecule has 2 rings (SSSR count). The predicted molar refractivity (Wildman–Crippen MR) is 77.0 cm³/mol. The van der Waals surface area contributed by atoms with Gasteiger partial charge in [-0.25, -0.2) is 0 Å². The van der Waals surface area contributed by atoms with E-state index in [0.29, 0.717) is 18.3 Å². The molecule has 112 valence electrons. The lowest BCUT2D eigenvalue weighted by Gasteiger charge is -2.14. The second kappa shape index (κ2) is 6.85. The van der Waals surface area contributed by atoms with Gasteiger partial charge in [-0.2, -0.15) is 4.98 Å². The second-order valence-corrected chi connectivity index (χ2v) is 4.68. The fraction of sp³-hybridized carbons (Fsp3) is 0.357. The van der Waals surface area contributed by atoms with E-state index in [4.69, 9.17) is 9.26 Å². The first-order valence-corrected chi connectivity index (χ1v) is 6.48. The first-order valence-electron chi connectivity index (χ1n) is 6.48. The van der Waals surface area contributed by atoms with E-state index in [1.807, 2.05) is 7.05 Å². The number of rotatable bonds is 6. The third kappa shape index (κ3) is 4.57. The summed E-state index contributed by atoms with van der Waals surface area (Å²) in [5.74, 6) is 1.71. The second-order valence-electron chi connectivity index (χ2n) is 4.68. The molecule has 0 radical (unpaired) electrons. The first-order chi connectivity index (χ1) is 10.1. The van der Waals surface area contributed by atoms with Gasteiger partial charge in [0.1, 0.15) is 5.75 Å². The molecular formula is C14H18N4O3. The van der Waals surface area contributed by atoms with Gasteiger partial charge in [-0.15, -0.1) is 0 Å². The normalized spacial score (nSPS) is 10.7. The van der Waals surface area contributed by atoms with E-state index < -0.39 is 0 Å². The highest BCUT2D eigenvalue weighted by Crippen LogP contribution is 2.14. The zero-order chi connectivity index (χ0) is 15.2. The number of aryl methyl sites for hydroxylation is 1. The number of hydrogen-bond donors (Lipinski definition) is 1. The summed E-state index contributed by atoms with van der Waals surface area (Å²) < 4.78 is 10.1. The third-order valence-corrected chi connectivity index (χ3v) is 2.76. The Kier molecular flexibility index (Phi) is 4.89. The van der Waals surface area contributed by atoms with Gasteiger partial charge in [-0.1, -0.05) is 5.16 Å². The number of hydrogen-bond acceptors (Lipinski definition) is 6. The highest BCUT2D eigenvalue weighted by molar-refractivity contribution is 5.92. The maximum absolute atomic E-state index is 11.9. The minimum absolute atomic E-state index is 0.112. The molecule has 1 amide bonds. The summed E-state index contributed by atoms with van der Waals surface area (Å²) in [4.78, 5) is 17.8. The lowest BCUT2D eigenvalue weighted by molar-refractivity contribution is -0.117. The number of amides is 1. The van der Waals surface area contributed by atoms with Crippen molar-refractivity contribution in [3.05, 3.63) is 36.0 Å². The number of anilines is 1. The molecule has 1 heterocycles. The molecule has 0 unspecified atom stereocenters. The number of methoxy groups -OCH3 is 1. The van der Waals surface area contributed by atoms with Crippen LogP contribution in [0.2, 0.25) is 0 Å². The van der Waals surface area contributed by atoms with Crippen molar-refractivity contribution in [2.75, 3.05) is 26.0 Å². The zero-order valence-electron chi connectivity index (χ0n) is 12.3. The number of aromatic nitrogens is 2. The van der Waals surface area contributed by atoms with Crippen LogP contribution in [0.3, 0.4) is 0 Å². The lowest BCUT2D eigenvalue weighted by Crippen LogP contribution is -2.29. The Bertz CT molecular complexity index is 595. The fourth-order valence-corrected chi connectivity index (χ4v) is 1.81. The summed E-state index contributed by atoms with van der Waals surface area (Å²) in [6.45, 7) is 2.41. The van der Waals surface area contributed by atoms with Crippen LogP contribution in [-0.4, -0.2) is 41.6 Å². The van der Waals surface area contributed by atoms with Crippen LogP contribution >= 0.6 is 0 Å². The molecule has 7 nitrogen and oxygen atoms in total. The van der Waals surface area contributed by atoms with Crippen molar-refractivity contribution < 1.29 is 14.1 Å². The molecule has 0 saturated heterocycles. The van der Waals surface area contributed by atoms with Crippen LogP contribution in [0.4, 0.5) is 5.69 Å². The van der Waals surface area contributed by atoms with Crippen LogP contribution in [0, 0.1) is 6.92 Å². The number of nitrogens with zero attached hydrogens (tertiary/aromatic N) is 3. The molecule has 0 atom stereocenters. The van der Waals surface area contributed by atoms with Gasteiger partial charge >= 0.3 is 0 Å². The first kappa shape index (κ1) is 15.0. The average molecular weight is 290 g/mol. The van der Waals surface area contributed by atoms with Crippen LogP contribution < -0.4 is 10.1 Å². The highest BCUT2D eigenvalue weighted by Gasteiger charge is 2.11. The molecule has 0 saturated carbocycles. The largest absolute Gasteiger partial charge is 0.497 e. The SMILES string of the molecule is COc1ccc(NC(=O)CN(C)Cc2nc(C)no2)cc1. The molecule has 21 heavy (non-hydrogen) atoms. The summed E-state index contributed by atoms with van der Waals surface area (Å²) in [6, 6.07) is 7.16. The van der Waals surface area contributed by atoms with Crippen LogP contribution in [-0.2, 0) is 11.3 Å². The Morgan fingerprint density at radius 1 is 1.38 bits per heavy atom. The van der Waals surface area contributed by atoms with E-state index in [-0.39, 0.29) is 12.5 Å². The molecule has 0 spiro atoms. The molecule has 0 aliphatic carbocycles. The molecule has 0 aliphatic rings. The van der Waals surface area contributed by atoms with E-state index in [9.17, 15) is 4.79 Å². The Labute approximate surface area is 122 Å². The van der Waals surface area contributed by atoms with Crippen molar-refractivity contribution in [1.82, 2.24) is 15.0 Å². The third-order valence-electron chi connectivity index (χ3n) is 2.76. The van der Waals surface area contributed by atoms with Gasteiger partial charge < -0.3 is 14.6 Å². The van der Waals surface area contributed by atoms with Crippen LogP contribution in [0.5, 0.6) is 5.75 Å². The van der Waals surface area contributed by atoms with Crippen LogP contribution in [0.15, 0.2) is 28.8 Å². The number of carbonyl (C=O) groups excluding carboxylic acids is 1. The Balaban J connectivity index is 1.82. The molecule has 1 aromatic heterocycles. The monoisotopic (exact) mass is 290 g/mol. The quantitative estimate of drug-likeness (QED) is 0.867. The van der Waals surface area contributed by atoms with Crippen molar-refractivity contribution >= 4 is 11.6 Å². The minimum Gasteiger partial charge on any atom is -0.497 e. The van der Waals surface area contributed by atoms with Gasteiger partial charge in [-0.3, -0.25) is 9.69 Å². The maximum Gasteiger partial charge on any atom is 0.240 e. The van der Waals surface area contributed by atoms with Crippen molar-refractivity contribution in [1.29, 1.82) is 0 Å². The van der Waals surface area contributed by atoms with Gasteiger partial charge in [0.15, 0.2) is 5.82 Å². The molecule has 0 aliphatic heterocycles. The molecule has 1 aromatic carbocycles.